The maximum atomic E-state index is 13.7. The first kappa shape index (κ1) is 24.4. The molecular formula is C31H24BrN5O3. The standard InChI is InChI=1S/C31H24BrN5O3/c32-23-16-28-27(39-18-40-28)15-22(23)29-30(36-31(38)37(29)21-11-12-24-26(14-21)34-17-33-24)35-25(20-9-5-2-6-10-20)13-19-7-3-1-4-8-19/h1-12,14-17,25,29H,13,18H2,(H,33,34)(H,35,36,38). The summed E-state index contributed by atoms with van der Waals surface area (Å²) in [4.78, 5) is 28.2. The molecule has 40 heavy (non-hydrogen) atoms. The highest BCUT2D eigenvalue weighted by Gasteiger charge is 2.41. The molecule has 0 aliphatic carbocycles. The van der Waals surface area contributed by atoms with Gasteiger partial charge in [0.1, 0.15) is 11.9 Å². The van der Waals surface area contributed by atoms with Crippen LogP contribution in [-0.2, 0) is 6.42 Å². The van der Waals surface area contributed by atoms with Crippen LogP contribution in [0.3, 0.4) is 0 Å². The summed E-state index contributed by atoms with van der Waals surface area (Å²) in [6, 6.07) is 28.9. The molecule has 2 aliphatic rings. The van der Waals surface area contributed by atoms with Crippen molar-refractivity contribution >= 4 is 44.5 Å². The lowest BCUT2D eigenvalue weighted by Gasteiger charge is -2.25. The molecule has 5 aromatic rings. The van der Waals surface area contributed by atoms with Gasteiger partial charge in [0.15, 0.2) is 11.5 Å². The number of nitrogens with one attached hydrogen (secondary N) is 2. The Balaban J connectivity index is 1.38. The topological polar surface area (TPSA) is 91.8 Å². The number of anilines is 1. The van der Waals surface area contributed by atoms with Crippen molar-refractivity contribution in [1.82, 2.24) is 15.3 Å². The number of H-pyrrole nitrogens is 1. The van der Waals surface area contributed by atoms with Gasteiger partial charge in [-0.25, -0.2) is 9.78 Å². The molecule has 0 bridgehead atoms. The molecule has 3 heterocycles. The maximum Gasteiger partial charge on any atom is 0.328 e. The number of amides is 2. The van der Waals surface area contributed by atoms with Gasteiger partial charge < -0.3 is 14.5 Å². The molecule has 2 atom stereocenters. The van der Waals surface area contributed by atoms with Gasteiger partial charge >= 0.3 is 6.03 Å². The van der Waals surface area contributed by atoms with E-state index in [1.807, 2.05) is 66.7 Å². The number of ether oxygens (including phenoxy) is 2. The quantitative estimate of drug-likeness (QED) is 0.229. The van der Waals surface area contributed by atoms with Crippen molar-refractivity contribution in [2.75, 3.05) is 11.7 Å². The van der Waals surface area contributed by atoms with E-state index in [0.717, 1.165) is 32.2 Å². The highest BCUT2D eigenvalue weighted by atomic mass is 79.9. The number of carbonyl (C=O) groups excluding carboxylic acids is 1. The van der Waals surface area contributed by atoms with Gasteiger partial charge in [0.25, 0.3) is 0 Å². The number of halogens is 1. The number of aromatic amines is 1. The third-order valence-corrected chi connectivity index (χ3v) is 7.88. The number of benzene rings is 4. The van der Waals surface area contributed by atoms with Gasteiger partial charge in [-0.2, -0.15) is 0 Å². The predicted molar refractivity (Wildman–Crippen MR) is 157 cm³/mol. The zero-order chi connectivity index (χ0) is 27.1. The van der Waals surface area contributed by atoms with Crippen molar-refractivity contribution in [1.29, 1.82) is 0 Å². The van der Waals surface area contributed by atoms with Crippen molar-refractivity contribution < 1.29 is 14.3 Å². The summed E-state index contributed by atoms with van der Waals surface area (Å²) in [5, 5.41) is 3.09. The second-order valence-electron chi connectivity index (χ2n) is 9.66. The summed E-state index contributed by atoms with van der Waals surface area (Å²) < 4.78 is 12.1. The Hall–Kier alpha value is -4.63. The number of nitrogens with zero attached hydrogens (tertiary/aromatic N) is 3. The highest BCUT2D eigenvalue weighted by molar-refractivity contribution is 9.10. The minimum atomic E-state index is -0.547. The van der Waals surface area contributed by atoms with E-state index >= 15 is 0 Å². The minimum Gasteiger partial charge on any atom is -0.454 e. The molecule has 8 nitrogen and oxygen atoms in total. The van der Waals surface area contributed by atoms with Gasteiger partial charge in [-0.1, -0.05) is 76.6 Å². The van der Waals surface area contributed by atoms with Crippen LogP contribution in [0.1, 0.15) is 28.8 Å². The number of urea groups is 1. The Morgan fingerprint density at radius 2 is 1.73 bits per heavy atom. The summed E-state index contributed by atoms with van der Waals surface area (Å²) in [5.74, 6) is 1.84. The second kappa shape index (κ2) is 10.2. The number of imidazole rings is 1. The summed E-state index contributed by atoms with van der Waals surface area (Å²) in [6.45, 7) is 0.153. The molecule has 2 unspecified atom stereocenters. The fraction of sp³-hybridized carbons (Fsp3) is 0.129. The normalized spacial score (nSPS) is 17.9. The molecular weight excluding hydrogens is 570 g/mol. The zero-order valence-corrected chi connectivity index (χ0v) is 22.8. The molecule has 1 fully saturated rings. The summed E-state index contributed by atoms with van der Waals surface area (Å²) in [6.07, 6.45) is 2.32. The van der Waals surface area contributed by atoms with E-state index in [1.165, 1.54) is 0 Å². The predicted octanol–water partition coefficient (Wildman–Crippen LogP) is 6.71. The van der Waals surface area contributed by atoms with Crippen molar-refractivity contribution in [2.24, 2.45) is 4.99 Å². The van der Waals surface area contributed by atoms with Crippen LogP contribution in [0.5, 0.6) is 11.5 Å². The maximum absolute atomic E-state index is 13.7. The molecule has 2 N–H and O–H groups in total. The van der Waals surface area contributed by atoms with Crippen LogP contribution in [-0.4, -0.2) is 28.6 Å². The third kappa shape index (κ3) is 4.48. The van der Waals surface area contributed by atoms with Gasteiger partial charge in [-0.15, -0.1) is 0 Å². The van der Waals surface area contributed by atoms with Crippen molar-refractivity contribution in [3.63, 3.8) is 0 Å². The molecule has 1 aromatic heterocycles. The van der Waals surface area contributed by atoms with Gasteiger partial charge in [0, 0.05) is 15.7 Å². The average Bonchev–Trinajstić information content (AvgIpc) is 3.71. The second-order valence-corrected chi connectivity index (χ2v) is 10.5. The van der Waals surface area contributed by atoms with Gasteiger partial charge in [-0.3, -0.25) is 15.2 Å². The van der Waals surface area contributed by atoms with Crippen molar-refractivity contribution in [2.45, 2.75) is 18.5 Å². The smallest absolute Gasteiger partial charge is 0.328 e. The first-order valence-electron chi connectivity index (χ1n) is 12.9. The molecule has 2 aliphatic heterocycles. The molecule has 0 saturated carbocycles. The van der Waals surface area contributed by atoms with Crippen LogP contribution < -0.4 is 19.7 Å². The molecule has 0 radical (unpaired) electrons. The number of hydrogen-bond donors (Lipinski definition) is 2. The third-order valence-electron chi connectivity index (χ3n) is 7.19. The Labute approximate surface area is 238 Å². The zero-order valence-electron chi connectivity index (χ0n) is 21.3. The summed E-state index contributed by atoms with van der Waals surface area (Å²) in [5.41, 5.74) is 5.42. The van der Waals surface area contributed by atoms with E-state index in [9.17, 15) is 4.79 Å². The van der Waals surface area contributed by atoms with Crippen LogP contribution in [0.25, 0.3) is 11.0 Å². The molecule has 2 amide bonds. The number of aliphatic imine (C=N–C) groups is 1. The van der Waals surface area contributed by atoms with E-state index in [2.05, 4.69) is 55.5 Å². The Morgan fingerprint density at radius 3 is 2.52 bits per heavy atom. The Bertz CT molecular complexity index is 1740. The molecule has 198 valence electrons. The number of amidine groups is 1. The average molecular weight is 594 g/mol. The van der Waals surface area contributed by atoms with Crippen molar-refractivity contribution in [3.05, 3.63) is 118 Å². The summed E-state index contributed by atoms with van der Waals surface area (Å²) >= 11 is 3.73. The monoisotopic (exact) mass is 593 g/mol. The molecule has 0 spiro atoms. The number of hydrogen-bond acceptors (Lipinski definition) is 5. The van der Waals surface area contributed by atoms with Gasteiger partial charge in [0.05, 0.1) is 23.4 Å². The largest absolute Gasteiger partial charge is 0.454 e. The van der Waals surface area contributed by atoms with E-state index in [4.69, 9.17) is 14.5 Å². The number of rotatable bonds is 6. The van der Waals surface area contributed by atoms with Crippen LogP contribution >= 0.6 is 15.9 Å². The van der Waals surface area contributed by atoms with Crippen LogP contribution in [0, 0.1) is 0 Å². The number of fused-ring (bicyclic) bond motifs is 2. The Morgan fingerprint density at radius 1 is 0.975 bits per heavy atom. The van der Waals surface area contributed by atoms with Crippen molar-refractivity contribution in [3.8, 4) is 11.5 Å². The molecule has 4 aromatic carbocycles. The van der Waals surface area contributed by atoms with E-state index in [0.29, 0.717) is 29.4 Å². The van der Waals surface area contributed by atoms with E-state index in [-0.39, 0.29) is 18.9 Å². The Kier molecular flexibility index (Phi) is 6.20. The van der Waals surface area contributed by atoms with Gasteiger partial charge in [-0.05, 0) is 47.9 Å². The first-order valence-corrected chi connectivity index (χ1v) is 13.7. The van der Waals surface area contributed by atoms with E-state index in [1.54, 1.807) is 11.2 Å². The molecule has 9 heteroatoms. The fourth-order valence-electron chi connectivity index (χ4n) is 5.26. The van der Waals surface area contributed by atoms with Crippen LogP contribution in [0.4, 0.5) is 10.5 Å². The number of carbonyl (C=O) groups is 1. The van der Waals surface area contributed by atoms with E-state index < -0.39 is 6.04 Å². The molecule has 7 rings (SSSR count). The minimum absolute atomic E-state index is 0.153. The lowest BCUT2D eigenvalue weighted by atomic mass is 9.98. The SMILES string of the molecule is O=C1NC(=NC(Cc2ccccc2)c2ccccc2)C(c2cc3c(cc2Br)OCO3)N1c1ccc2[nH]cnc2c1. The lowest BCUT2D eigenvalue weighted by Crippen LogP contribution is -2.29. The number of aromatic nitrogens is 2. The van der Waals surface area contributed by atoms with Gasteiger partial charge in [0.2, 0.25) is 6.79 Å². The highest BCUT2D eigenvalue weighted by Crippen LogP contribution is 2.43. The van der Waals surface area contributed by atoms with Crippen LogP contribution in [0.15, 0.2) is 107 Å². The van der Waals surface area contributed by atoms with Crippen LogP contribution in [0.2, 0.25) is 0 Å². The summed E-state index contributed by atoms with van der Waals surface area (Å²) in [7, 11) is 0. The fourth-order valence-corrected chi connectivity index (χ4v) is 5.80. The lowest BCUT2D eigenvalue weighted by molar-refractivity contribution is 0.174. The first-order chi connectivity index (χ1) is 19.6. The molecule has 1 saturated heterocycles.